The smallest absolute Gasteiger partial charge is 0.170 e. The van der Waals surface area contributed by atoms with E-state index in [0.29, 0.717) is 10.6 Å². The van der Waals surface area contributed by atoms with E-state index in [1.165, 1.54) is 0 Å². The average molecular weight is 279 g/mol. The molecule has 0 saturated heterocycles. The van der Waals surface area contributed by atoms with Crippen LogP contribution in [0, 0.1) is 0 Å². The molecule has 5 heteroatoms. The zero-order valence-electron chi connectivity index (χ0n) is 9.38. The predicted octanol–water partition coefficient (Wildman–Crippen LogP) is 3.59. The lowest BCUT2D eigenvalue weighted by atomic mass is 10.2. The second kappa shape index (κ2) is 5.80. The second-order valence-corrected chi connectivity index (χ2v) is 5.15. The maximum absolute atomic E-state index is 8.57. The van der Waals surface area contributed by atoms with Crippen molar-refractivity contribution in [3.63, 3.8) is 0 Å². The number of nitrogens with zero attached hydrogens (tertiary/aromatic N) is 1. The largest absolute Gasteiger partial charge is 0.409 e. The summed E-state index contributed by atoms with van der Waals surface area (Å²) in [5.41, 5.74) is 6.18. The fourth-order valence-electron chi connectivity index (χ4n) is 1.42. The molecule has 3 N–H and O–H groups in total. The molecular formula is C13H11ClN2OS. The van der Waals surface area contributed by atoms with Crippen LogP contribution in [0.25, 0.3) is 0 Å². The van der Waals surface area contributed by atoms with Gasteiger partial charge in [0.25, 0.3) is 0 Å². The van der Waals surface area contributed by atoms with Gasteiger partial charge in [0.1, 0.15) is 0 Å². The van der Waals surface area contributed by atoms with Gasteiger partial charge in [0.15, 0.2) is 5.84 Å². The summed E-state index contributed by atoms with van der Waals surface area (Å²) in [7, 11) is 0. The van der Waals surface area contributed by atoms with Gasteiger partial charge in [-0.1, -0.05) is 46.7 Å². The van der Waals surface area contributed by atoms with Crippen molar-refractivity contribution in [1.82, 2.24) is 0 Å². The number of halogens is 1. The highest BCUT2D eigenvalue weighted by atomic mass is 35.5. The Hall–Kier alpha value is -1.65. The summed E-state index contributed by atoms with van der Waals surface area (Å²) < 4.78 is 0. The average Bonchev–Trinajstić information content (AvgIpc) is 2.39. The summed E-state index contributed by atoms with van der Waals surface area (Å²) in [5, 5.41) is 12.2. The van der Waals surface area contributed by atoms with Crippen LogP contribution in [0.4, 0.5) is 0 Å². The van der Waals surface area contributed by atoms with E-state index in [1.54, 1.807) is 11.8 Å². The number of benzene rings is 2. The summed E-state index contributed by atoms with van der Waals surface area (Å²) in [5.74, 6) is 0.106. The lowest BCUT2D eigenvalue weighted by molar-refractivity contribution is 0.318. The molecule has 3 nitrogen and oxygen atoms in total. The van der Waals surface area contributed by atoms with Crippen LogP contribution in [0.15, 0.2) is 63.5 Å². The summed E-state index contributed by atoms with van der Waals surface area (Å²) in [6, 6.07) is 15.1. The van der Waals surface area contributed by atoms with Crippen molar-refractivity contribution in [1.29, 1.82) is 0 Å². The first-order valence-electron chi connectivity index (χ1n) is 5.20. The molecule has 0 spiro atoms. The molecule has 0 aromatic heterocycles. The maximum Gasteiger partial charge on any atom is 0.170 e. The molecule has 2 aromatic carbocycles. The zero-order chi connectivity index (χ0) is 13.0. The zero-order valence-corrected chi connectivity index (χ0v) is 10.9. The van der Waals surface area contributed by atoms with E-state index >= 15 is 0 Å². The van der Waals surface area contributed by atoms with Crippen molar-refractivity contribution in [2.24, 2.45) is 10.9 Å². The minimum Gasteiger partial charge on any atom is -0.409 e. The van der Waals surface area contributed by atoms with Gasteiger partial charge in [-0.05, 0) is 30.3 Å². The normalized spacial score (nSPS) is 11.5. The van der Waals surface area contributed by atoms with Crippen LogP contribution < -0.4 is 5.73 Å². The van der Waals surface area contributed by atoms with Crippen LogP contribution >= 0.6 is 23.4 Å². The molecule has 0 heterocycles. The minimum absolute atomic E-state index is 0.106. The second-order valence-electron chi connectivity index (χ2n) is 3.57. The summed E-state index contributed by atoms with van der Waals surface area (Å²) in [6.07, 6.45) is 0. The number of hydrogen-bond donors (Lipinski definition) is 2. The van der Waals surface area contributed by atoms with Gasteiger partial charge < -0.3 is 10.9 Å². The van der Waals surface area contributed by atoms with Gasteiger partial charge in [0, 0.05) is 20.4 Å². The molecule has 0 aliphatic heterocycles. The van der Waals surface area contributed by atoms with Crippen molar-refractivity contribution < 1.29 is 5.21 Å². The highest BCUT2D eigenvalue weighted by molar-refractivity contribution is 7.99. The van der Waals surface area contributed by atoms with Gasteiger partial charge in [-0.15, -0.1) is 0 Å². The number of amidine groups is 1. The highest BCUT2D eigenvalue weighted by Gasteiger charge is 2.01. The molecule has 0 aliphatic carbocycles. The molecule has 0 fully saturated rings. The molecule has 0 radical (unpaired) electrons. The molecule has 0 aliphatic rings. The van der Waals surface area contributed by atoms with Gasteiger partial charge in [0.05, 0.1) is 0 Å². The summed E-state index contributed by atoms with van der Waals surface area (Å²) in [4.78, 5) is 2.13. The summed E-state index contributed by atoms with van der Waals surface area (Å²) >= 11 is 7.53. The van der Waals surface area contributed by atoms with E-state index in [0.717, 1.165) is 9.79 Å². The molecule has 92 valence electrons. The topological polar surface area (TPSA) is 58.6 Å². The maximum atomic E-state index is 8.57. The van der Waals surface area contributed by atoms with Gasteiger partial charge in [-0.2, -0.15) is 0 Å². The third-order valence-electron chi connectivity index (χ3n) is 2.29. The Kier molecular flexibility index (Phi) is 4.12. The van der Waals surface area contributed by atoms with Gasteiger partial charge in [-0.25, -0.2) is 0 Å². The van der Waals surface area contributed by atoms with Gasteiger partial charge in [0.2, 0.25) is 0 Å². The van der Waals surface area contributed by atoms with E-state index in [1.807, 2.05) is 48.5 Å². The molecule has 2 rings (SSSR count). The SMILES string of the molecule is NC(=NO)c1ccc(Sc2cccc(Cl)c2)cc1. The Balaban J connectivity index is 2.16. The van der Waals surface area contributed by atoms with Crippen molar-refractivity contribution >= 4 is 29.2 Å². The first-order valence-corrected chi connectivity index (χ1v) is 6.40. The molecule has 18 heavy (non-hydrogen) atoms. The van der Waals surface area contributed by atoms with Crippen molar-refractivity contribution in [3.05, 3.63) is 59.1 Å². The summed E-state index contributed by atoms with van der Waals surface area (Å²) in [6.45, 7) is 0. The standard InChI is InChI=1S/C13H11ClN2OS/c14-10-2-1-3-12(8-10)18-11-6-4-9(5-7-11)13(15)16-17/h1-8,17H,(H2,15,16). The number of rotatable bonds is 3. The monoisotopic (exact) mass is 278 g/mol. The van der Waals surface area contributed by atoms with E-state index in [2.05, 4.69) is 5.16 Å². The number of nitrogens with two attached hydrogens (primary N) is 1. The van der Waals surface area contributed by atoms with Gasteiger partial charge >= 0.3 is 0 Å². The van der Waals surface area contributed by atoms with Crippen molar-refractivity contribution in [3.8, 4) is 0 Å². The van der Waals surface area contributed by atoms with Crippen LogP contribution in [-0.4, -0.2) is 11.0 Å². The van der Waals surface area contributed by atoms with Crippen molar-refractivity contribution in [2.45, 2.75) is 9.79 Å². The fourth-order valence-corrected chi connectivity index (χ4v) is 2.55. The Morgan fingerprint density at radius 1 is 1.11 bits per heavy atom. The Morgan fingerprint density at radius 2 is 1.83 bits per heavy atom. The first-order chi connectivity index (χ1) is 8.69. The number of oxime groups is 1. The van der Waals surface area contributed by atoms with Crippen LogP contribution in [0.5, 0.6) is 0 Å². The lowest BCUT2D eigenvalue weighted by Gasteiger charge is -2.03. The third kappa shape index (κ3) is 3.18. The molecule has 2 aromatic rings. The Bertz CT molecular complexity index is 569. The molecule has 0 unspecified atom stereocenters. The Morgan fingerprint density at radius 3 is 2.44 bits per heavy atom. The molecule has 0 saturated carbocycles. The fraction of sp³-hybridized carbons (Fsp3) is 0. The van der Waals surface area contributed by atoms with Crippen LogP contribution in [-0.2, 0) is 0 Å². The van der Waals surface area contributed by atoms with Crippen molar-refractivity contribution in [2.75, 3.05) is 0 Å². The lowest BCUT2D eigenvalue weighted by Crippen LogP contribution is -2.12. The predicted molar refractivity (Wildman–Crippen MR) is 74.5 cm³/mol. The van der Waals surface area contributed by atoms with Crippen LogP contribution in [0.1, 0.15) is 5.56 Å². The van der Waals surface area contributed by atoms with Gasteiger partial charge in [-0.3, -0.25) is 0 Å². The quantitative estimate of drug-likeness (QED) is 0.390. The third-order valence-corrected chi connectivity index (χ3v) is 3.52. The molecule has 0 atom stereocenters. The highest BCUT2D eigenvalue weighted by Crippen LogP contribution is 2.29. The van der Waals surface area contributed by atoms with E-state index in [4.69, 9.17) is 22.5 Å². The Labute approximate surface area is 114 Å². The van der Waals surface area contributed by atoms with E-state index in [-0.39, 0.29) is 5.84 Å². The van der Waals surface area contributed by atoms with E-state index in [9.17, 15) is 0 Å². The number of hydrogen-bond acceptors (Lipinski definition) is 3. The molecule has 0 bridgehead atoms. The molecule has 0 amide bonds. The minimum atomic E-state index is 0.106. The van der Waals surface area contributed by atoms with Crippen LogP contribution in [0.2, 0.25) is 5.02 Å². The van der Waals surface area contributed by atoms with E-state index < -0.39 is 0 Å². The first kappa shape index (κ1) is 12.8. The molecular weight excluding hydrogens is 268 g/mol. The van der Waals surface area contributed by atoms with Crippen LogP contribution in [0.3, 0.4) is 0 Å².